The summed E-state index contributed by atoms with van der Waals surface area (Å²) in [7, 11) is -3.64. The molecule has 39 heavy (non-hydrogen) atoms. The summed E-state index contributed by atoms with van der Waals surface area (Å²) in [6.07, 6.45) is 1.89. The van der Waals surface area contributed by atoms with E-state index in [0.29, 0.717) is 47.0 Å². The molecule has 1 aliphatic carbocycles. The smallest absolute Gasteiger partial charge is 0.274 e. The van der Waals surface area contributed by atoms with Gasteiger partial charge >= 0.3 is 0 Å². The van der Waals surface area contributed by atoms with Crippen molar-refractivity contribution in [1.82, 2.24) is 19.6 Å². The standard InChI is InChI=1S/C29H32N4O5S/c1-20-3-2-4-23-26-24(18-39(35,36)27(20)23)25(28(34)32-13-16-38-29(19-32)9-10-29)30-33(26)22-7-5-21(6-8-22)17-31-11-14-37-15-12-31/h2-8H,9-19H2,1H3. The normalized spacial score (nSPS) is 21.4. The maximum absolute atomic E-state index is 13.9. The molecule has 0 N–H and O–H groups in total. The van der Waals surface area contributed by atoms with Crippen molar-refractivity contribution in [2.45, 2.75) is 42.6 Å². The van der Waals surface area contributed by atoms with E-state index >= 15 is 0 Å². The van der Waals surface area contributed by atoms with Gasteiger partial charge in [0.15, 0.2) is 15.5 Å². The predicted molar refractivity (Wildman–Crippen MR) is 145 cm³/mol. The van der Waals surface area contributed by atoms with Crippen LogP contribution in [-0.4, -0.2) is 85.5 Å². The SMILES string of the molecule is Cc1cccc2c1S(=O)(=O)Cc1c(C(=O)N3CCOC4(CC4)C3)nn(-c3ccc(CN4CCOCC4)cc3)c1-2. The number of amides is 1. The van der Waals surface area contributed by atoms with Crippen LogP contribution in [0.1, 0.15) is 40.0 Å². The van der Waals surface area contributed by atoms with Crippen LogP contribution in [-0.2, 0) is 31.6 Å². The minimum atomic E-state index is -3.64. The average Bonchev–Trinajstić information content (AvgIpc) is 3.56. The highest BCUT2D eigenvalue weighted by atomic mass is 32.2. The molecule has 7 rings (SSSR count). The Hall–Kier alpha value is -3.05. The number of rotatable bonds is 4. The van der Waals surface area contributed by atoms with Gasteiger partial charge < -0.3 is 14.4 Å². The van der Waals surface area contributed by atoms with Gasteiger partial charge in [0.2, 0.25) is 0 Å². The highest BCUT2D eigenvalue weighted by Gasteiger charge is 2.49. The lowest BCUT2D eigenvalue weighted by Gasteiger charge is -2.33. The van der Waals surface area contributed by atoms with Gasteiger partial charge in [-0.15, -0.1) is 0 Å². The Bertz CT molecular complexity index is 1550. The van der Waals surface area contributed by atoms with Gasteiger partial charge in [0, 0.05) is 37.3 Å². The van der Waals surface area contributed by atoms with Crippen LogP contribution in [0.15, 0.2) is 47.4 Å². The molecule has 3 fully saturated rings. The Morgan fingerprint density at radius 1 is 1.03 bits per heavy atom. The number of benzene rings is 2. The number of hydrogen-bond donors (Lipinski definition) is 0. The number of fused-ring (bicyclic) bond motifs is 3. The number of carbonyl (C=O) groups excluding carboxylic acids is 1. The van der Waals surface area contributed by atoms with Crippen LogP contribution in [0.2, 0.25) is 0 Å². The van der Waals surface area contributed by atoms with E-state index in [4.69, 9.17) is 14.6 Å². The molecule has 1 saturated carbocycles. The molecule has 0 radical (unpaired) electrons. The second-order valence-corrected chi connectivity index (χ2v) is 13.0. The zero-order valence-corrected chi connectivity index (χ0v) is 22.9. The van der Waals surface area contributed by atoms with Gasteiger partial charge in [0.1, 0.15) is 0 Å². The van der Waals surface area contributed by atoms with Crippen molar-refractivity contribution in [3.05, 3.63) is 64.8 Å². The summed E-state index contributed by atoms with van der Waals surface area (Å²) in [5, 5.41) is 4.84. The van der Waals surface area contributed by atoms with Crippen molar-refractivity contribution in [2.75, 3.05) is 46.0 Å². The number of morpholine rings is 2. The van der Waals surface area contributed by atoms with Crippen LogP contribution >= 0.6 is 0 Å². The van der Waals surface area contributed by atoms with Gasteiger partial charge in [-0.2, -0.15) is 5.10 Å². The first-order valence-corrected chi connectivity index (χ1v) is 15.3. The number of ether oxygens (including phenoxy) is 2. The van der Waals surface area contributed by atoms with Crippen LogP contribution in [0.4, 0.5) is 0 Å². The summed E-state index contributed by atoms with van der Waals surface area (Å²) >= 11 is 0. The summed E-state index contributed by atoms with van der Waals surface area (Å²) in [5.41, 5.74) is 4.42. The Balaban J connectivity index is 1.31. The fourth-order valence-corrected chi connectivity index (χ4v) is 7.96. The zero-order chi connectivity index (χ0) is 26.8. The molecule has 9 nitrogen and oxygen atoms in total. The molecule has 1 aromatic heterocycles. The van der Waals surface area contributed by atoms with E-state index in [2.05, 4.69) is 17.0 Å². The van der Waals surface area contributed by atoms with Gasteiger partial charge in [-0.1, -0.05) is 30.3 Å². The first kappa shape index (κ1) is 25.0. The van der Waals surface area contributed by atoms with E-state index < -0.39 is 9.84 Å². The van der Waals surface area contributed by atoms with Gasteiger partial charge in [0.05, 0.1) is 54.0 Å². The van der Waals surface area contributed by atoms with E-state index in [-0.39, 0.29) is 23.0 Å². The van der Waals surface area contributed by atoms with Gasteiger partial charge in [0.25, 0.3) is 5.91 Å². The average molecular weight is 549 g/mol. The highest BCUT2D eigenvalue weighted by molar-refractivity contribution is 7.91. The second-order valence-electron chi connectivity index (χ2n) is 11.1. The van der Waals surface area contributed by atoms with Gasteiger partial charge in [-0.25, -0.2) is 13.1 Å². The number of carbonyl (C=O) groups is 1. The van der Waals surface area contributed by atoms with E-state index in [1.807, 2.05) is 37.3 Å². The third kappa shape index (κ3) is 4.39. The fraction of sp³-hybridized carbons (Fsp3) is 0.448. The highest BCUT2D eigenvalue weighted by Crippen LogP contribution is 2.44. The Kier molecular flexibility index (Phi) is 5.93. The number of sulfone groups is 1. The van der Waals surface area contributed by atoms with Crippen LogP contribution < -0.4 is 0 Å². The fourth-order valence-electron chi connectivity index (χ4n) is 6.11. The second kappa shape index (κ2) is 9.26. The van der Waals surface area contributed by atoms with Crippen molar-refractivity contribution in [3.8, 4) is 16.9 Å². The summed E-state index contributed by atoms with van der Waals surface area (Å²) in [4.78, 5) is 18.4. The van der Waals surface area contributed by atoms with Crippen molar-refractivity contribution >= 4 is 15.7 Å². The lowest BCUT2D eigenvalue weighted by atomic mass is 10.0. The molecule has 0 atom stereocenters. The molecule has 1 spiro atoms. The van der Waals surface area contributed by atoms with Crippen LogP contribution in [0.3, 0.4) is 0 Å². The summed E-state index contributed by atoms with van der Waals surface area (Å²) in [6.45, 7) is 7.45. The topological polar surface area (TPSA) is 94.0 Å². The van der Waals surface area contributed by atoms with Crippen LogP contribution in [0.5, 0.6) is 0 Å². The first-order valence-electron chi connectivity index (χ1n) is 13.6. The molecule has 4 aliphatic rings. The maximum Gasteiger partial charge on any atom is 0.274 e. The third-order valence-corrected chi connectivity index (χ3v) is 10.2. The lowest BCUT2D eigenvalue weighted by molar-refractivity contribution is -0.0377. The number of aromatic nitrogens is 2. The Labute approximate surface area is 228 Å². The summed E-state index contributed by atoms with van der Waals surface area (Å²) < 4.78 is 40.2. The summed E-state index contributed by atoms with van der Waals surface area (Å²) in [6, 6.07) is 13.7. The molecule has 1 amide bonds. The van der Waals surface area contributed by atoms with E-state index in [9.17, 15) is 13.2 Å². The van der Waals surface area contributed by atoms with Crippen LogP contribution in [0, 0.1) is 6.92 Å². The Morgan fingerprint density at radius 2 is 1.79 bits per heavy atom. The number of nitrogens with zero attached hydrogens (tertiary/aromatic N) is 4. The molecule has 0 bridgehead atoms. The molecule has 3 aliphatic heterocycles. The maximum atomic E-state index is 13.9. The number of hydrogen-bond acceptors (Lipinski definition) is 7. The zero-order valence-electron chi connectivity index (χ0n) is 22.1. The molecular weight excluding hydrogens is 516 g/mol. The predicted octanol–water partition coefficient (Wildman–Crippen LogP) is 2.97. The van der Waals surface area contributed by atoms with Gasteiger partial charge in [-0.05, 0) is 43.0 Å². The largest absolute Gasteiger partial charge is 0.379 e. The van der Waals surface area contributed by atoms with Crippen LogP contribution in [0.25, 0.3) is 16.9 Å². The summed E-state index contributed by atoms with van der Waals surface area (Å²) in [5.74, 6) is -0.471. The van der Waals surface area contributed by atoms with Crippen molar-refractivity contribution < 1.29 is 22.7 Å². The molecule has 0 unspecified atom stereocenters. The molecular formula is C29H32N4O5S. The number of aryl methyl sites for hydroxylation is 1. The minimum absolute atomic E-state index is 0.218. The van der Waals surface area contributed by atoms with Crippen molar-refractivity contribution in [3.63, 3.8) is 0 Å². The molecule has 3 aromatic rings. The minimum Gasteiger partial charge on any atom is -0.379 e. The quantitative estimate of drug-likeness (QED) is 0.495. The third-order valence-electron chi connectivity index (χ3n) is 8.33. The van der Waals surface area contributed by atoms with Crippen molar-refractivity contribution in [1.29, 1.82) is 0 Å². The molecule has 2 aromatic carbocycles. The monoisotopic (exact) mass is 548 g/mol. The Morgan fingerprint density at radius 3 is 2.54 bits per heavy atom. The van der Waals surface area contributed by atoms with E-state index in [0.717, 1.165) is 51.4 Å². The lowest BCUT2D eigenvalue weighted by Crippen LogP contribution is -2.47. The van der Waals surface area contributed by atoms with E-state index in [1.54, 1.807) is 9.58 Å². The molecule has 4 heterocycles. The molecule has 10 heteroatoms. The van der Waals surface area contributed by atoms with Crippen molar-refractivity contribution in [2.24, 2.45) is 0 Å². The molecule has 204 valence electrons. The van der Waals surface area contributed by atoms with E-state index in [1.165, 1.54) is 5.56 Å². The molecule has 2 saturated heterocycles. The first-order chi connectivity index (χ1) is 18.8. The van der Waals surface area contributed by atoms with Gasteiger partial charge in [-0.3, -0.25) is 9.69 Å².